The van der Waals surface area contributed by atoms with Crippen molar-refractivity contribution in [3.63, 3.8) is 0 Å². The van der Waals surface area contributed by atoms with Crippen LogP contribution in [-0.4, -0.2) is 52.5 Å². The van der Waals surface area contributed by atoms with E-state index in [1.54, 1.807) is 24.3 Å². The Morgan fingerprint density at radius 3 is 2.29 bits per heavy atom. The number of amides is 1. The third-order valence-corrected chi connectivity index (χ3v) is 6.97. The van der Waals surface area contributed by atoms with E-state index in [9.17, 15) is 13.2 Å². The van der Waals surface area contributed by atoms with Crippen molar-refractivity contribution in [1.29, 1.82) is 0 Å². The smallest absolute Gasteiger partial charge is 0.243 e. The largest absolute Gasteiger partial charge is 0.493 e. The first kappa shape index (κ1) is 22.9. The fourth-order valence-corrected chi connectivity index (χ4v) is 4.60. The van der Waals surface area contributed by atoms with Crippen molar-refractivity contribution in [2.24, 2.45) is 0 Å². The quantitative estimate of drug-likeness (QED) is 0.633. The van der Waals surface area contributed by atoms with Crippen molar-refractivity contribution < 1.29 is 27.4 Å². The van der Waals surface area contributed by atoms with Gasteiger partial charge in [0.15, 0.2) is 11.5 Å². The highest BCUT2D eigenvalue weighted by molar-refractivity contribution is 7.89. The highest BCUT2D eigenvalue weighted by Gasteiger charge is 2.24. The molecule has 1 aliphatic rings. The molecule has 0 radical (unpaired) electrons. The van der Waals surface area contributed by atoms with Crippen LogP contribution < -0.4 is 19.5 Å². The summed E-state index contributed by atoms with van der Waals surface area (Å²) < 4.78 is 42.9. The number of hydrogen-bond acceptors (Lipinski definition) is 6. The van der Waals surface area contributed by atoms with Crippen molar-refractivity contribution in [3.05, 3.63) is 42.5 Å². The van der Waals surface area contributed by atoms with Crippen molar-refractivity contribution in [2.75, 3.05) is 33.1 Å². The Balaban J connectivity index is 1.60. The van der Waals surface area contributed by atoms with Gasteiger partial charge in [0, 0.05) is 18.8 Å². The maximum atomic E-state index is 12.8. The molecule has 0 aliphatic heterocycles. The number of nitrogens with zero attached hydrogens (tertiary/aromatic N) is 1. The van der Waals surface area contributed by atoms with Gasteiger partial charge in [-0.2, -0.15) is 4.31 Å². The number of nitrogens with one attached hydrogen (secondary N) is 1. The van der Waals surface area contributed by atoms with Crippen LogP contribution in [0.1, 0.15) is 25.7 Å². The minimum atomic E-state index is -3.89. The lowest BCUT2D eigenvalue weighted by molar-refractivity contribution is -0.116. The lowest BCUT2D eigenvalue weighted by atomic mass is 10.2. The van der Waals surface area contributed by atoms with Crippen LogP contribution in [0, 0.1) is 0 Å². The molecule has 3 rings (SSSR count). The number of carbonyl (C=O) groups excluding carboxylic acids is 1. The predicted molar refractivity (Wildman–Crippen MR) is 117 cm³/mol. The average Bonchev–Trinajstić information content (AvgIpc) is 3.27. The Morgan fingerprint density at radius 2 is 1.68 bits per heavy atom. The first-order valence-corrected chi connectivity index (χ1v) is 11.5. The van der Waals surface area contributed by atoms with Gasteiger partial charge in [0.05, 0.1) is 31.8 Å². The molecule has 0 aromatic heterocycles. The van der Waals surface area contributed by atoms with Gasteiger partial charge in [-0.1, -0.05) is 0 Å². The molecule has 168 valence electrons. The normalized spacial score (nSPS) is 14.5. The number of rotatable bonds is 9. The standard InChI is InChI=1S/C22H28N2O6S/c1-24(31(26,27)19-12-13-20(28-2)21(14-19)29-3)15-22(25)23-16-8-10-18(11-9-16)30-17-6-4-5-7-17/h8-14,17H,4-7,15H2,1-3H3,(H,23,25). The number of likely N-dealkylation sites (N-methyl/N-ethyl adjacent to an activating group) is 1. The summed E-state index contributed by atoms with van der Waals surface area (Å²) >= 11 is 0. The molecule has 1 amide bonds. The number of benzene rings is 2. The van der Waals surface area contributed by atoms with Gasteiger partial charge in [-0.3, -0.25) is 4.79 Å². The summed E-state index contributed by atoms with van der Waals surface area (Å²) in [7, 11) is 0.358. The minimum absolute atomic E-state index is 0.00821. The summed E-state index contributed by atoms with van der Waals surface area (Å²) in [5, 5.41) is 2.71. The molecule has 0 saturated heterocycles. The summed E-state index contributed by atoms with van der Waals surface area (Å²) in [6.45, 7) is -0.336. The van der Waals surface area contributed by atoms with Crippen LogP contribution >= 0.6 is 0 Å². The molecular formula is C22H28N2O6S. The van der Waals surface area contributed by atoms with Gasteiger partial charge in [-0.05, 0) is 62.1 Å². The van der Waals surface area contributed by atoms with Gasteiger partial charge in [-0.25, -0.2) is 8.42 Å². The lowest BCUT2D eigenvalue weighted by Gasteiger charge is -2.18. The fraction of sp³-hybridized carbons (Fsp3) is 0.409. The van der Waals surface area contributed by atoms with E-state index in [1.807, 2.05) is 0 Å². The molecule has 2 aromatic rings. The van der Waals surface area contributed by atoms with Crippen molar-refractivity contribution >= 4 is 21.6 Å². The second-order valence-corrected chi connectivity index (χ2v) is 9.42. The van der Waals surface area contributed by atoms with Gasteiger partial charge in [0.2, 0.25) is 15.9 Å². The Labute approximate surface area is 183 Å². The van der Waals surface area contributed by atoms with Gasteiger partial charge in [-0.15, -0.1) is 0 Å². The molecule has 8 nitrogen and oxygen atoms in total. The van der Waals surface area contributed by atoms with Crippen molar-refractivity contribution in [1.82, 2.24) is 4.31 Å². The molecule has 1 aliphatic carbocycles. The number of methoxy groups -OCH3 is 2. The third kappa shape index (κ3) is 5.68. The van der Waals surface area contributed by atoms with E-state index < -0.39 is 15.9 Å². The van der Waals surface area contributed by atoms with Crippen LogP contribution in [0.25, 0.3) is 0 Å². The van der Waals surface area contributed by atoms with Crippen LogP contribution in [0.2, 0.25) is 0 Å². The maximum Gasteiger partial charge on any atom is 0.243 e. The molecule has 0 spiro atoms. The molecule has 1 saturated carbocycles. The van der Waals surface area contributed by atoms with E-state index in [1.165, 1.54) is 52.3 Å². The highest BCUT2D eigenvalue weighted by Crippen LogP contribution is 2.30. The third-order valence-electron chi connectivity index (χ3n) is 5.17. The zero-order valence-corrected chi connectivity index (χ0v) is 18.8. The molecule has 0 heterocycles. The van der Waals surface area contributed by atoms with E-state index in [0.717, 1.165) is 22.9 Å². The second-order valence-electron chi connectivity index (χ2n) is 7.37. The first-order chi connectivity index (χ1) is 14.8. The maximum absolute atomic E-state index is 12.8. The number of ether oxygens (including phenoxy) is 3. The number of hydrogen-bond donors (Lipinski definition) is 1. The Morgan fingerprint density at radius 1 is 1.03 bits per heavy atom. The summed E-state index contributed by atoms with van der Waals surface area (Å²) in [6, 6.07) is 11.4. The number of carbonyl (C=O) groups is 1. The van der Waals surface area contributed by atoms with Gasteiger partial charge < -0.3 is 19.5 Å². The van der Waals surface area contributed by atoms with Crippen LogP contribution in [-0.2, 0) is 14.8 Å². The molecule has 0 bridgehead atoms. The van der Waals surface area contributed by atoms with Gasteiger partial charge in [0.25, 0.3) is 0 Å². The van der Waals surface area contributed by atoms with Crippen molar-refractivity contribution in [2.45, 2.75) is 36.7 Å². The predicted octanol–water partition coefficient (Wildman–Crippen LogP) is 3.28. The topological polar surface area (TPSA) is 94.2 Å². The molecule has 31 heavy (non-hydrogen) atoms. The van der Waals surface area contributed by atoms with Gasteiger partial charge in [0.1, 0.15) is 5.75 Å². The van der Waals surface area contributed by atoms with E-state index in [2.05, 4.69) is 5.32 Å². The molecule has 0 atom stereocenters. The van der Waals surface area contributed by atoms with Crippen LogP contribution in [0.5, 0.6) is 17.2 Å². The summed E-state index contributed by atoms with van der Waals surface area (Å²) in [5.74, 6) is 1.03. The number of anilines is 1. The van der Waals surface area contributed by atoms with Gasteiger partial charge >= 0.3 is 0 Å². The van der Waals surface area contributed by atoms with Crippen LogP contribution in [0.3, 0.4) is 0 Å². The average molecular weight is 449 g/mol. The summed E-state index contributed by atoms with van der Waals surface area (Å²) in [4.78, 5) is 12.4. The molecule has 9 heteroatoms. The number of sulfonamides is 1. The van der Waals surface area contributed by atoms with E-state index in [-0.39, 0.29) is 17.5 Å². The first-order valence-electron chi connectivity index (χ1n) is 10.1. The molecule has 1 fully saturated rings. The monoisotopic (exact) mass is 448 g/mol. The zero-order valence-electron chi connectivity index (χ0n) is 18.0. The summed E-state index contributed by atoms with van der Waals surface area (Å²) in [6.07, 6.45) is 4.78. The molecular weight excluding hydrogens is 420 g/mol. The second kappa shape index (κ2) is 10.0. The van der Waals surface area contributed by atoms with E-state index in [4.69, 9.17) is 14.2 Å². The van der Waals surface area contributed by atoms with E-state index in [0.29, 0.717) is 17.2 Å². The fourth-order valence-electron chi connectivity index (χ4n) is 3.46. The molecule has 2 aromatic carbocycles. The lowest BCUT2D eigenvalue weighted by Crippen LogP contribution is -2.35. The summed E-state index contributed by atoms with van der Waals surface area (Å²) in [5.41, 5.74) is 0.570. The minimum Gasteiger partial charge on any atom is -0.493 e. The van der Waals surface area contributed by atoms with Crippen LogP contribution in [0.15, 0.2) is 47.4 Å². The Kier molecular flexibility index (Phi) is 7.40. The molecule has 0 unspecified atom stereocenters. The Hall–Kier alpha value is -2.78. The van der Waals surface area contributed by atoms with Crippen LogP contribution in [0.4, 0.5) is 5.69 Å². The SMILES string of the molecule is COc1ccc(S(=O)(=O)N(C)CC(=O)Nc2ccc(OC3CCCC3)cc2)cc1OC. The zero-order chi connectivity index (χ0) is 22.4. The van der Waals surface area contributed by atoms with Crippen molar-refractivity contribution in [3.8, 4) is 17.2 Å². The highest BCUT2D eigenvalue weighted by atomic mass is 32.2. The van der Waals surface area contributed by atoms with E-state index >= 15 is 0 Å². The molecule has 1 N–H and O–H groups in total. The Bertz CT molecular complexity index is 1000.